The Kier molecular flexibility index (Phi) is 3.36. The summed E-state index contributed by atoms with van der Waals surface area (Å²) in [5.41, 5.74) is 1.85. The van der Waals surface area contributed by atoms with E-state index in [1.165, 1.54) is 0 Å². The molecule has 4 heterocycles. The van der Waals surface area contributed by atoms with Crippen LogP contribution >= 0.6 is 0 Å². The van der Waals surface area contributed by atoms with Crippen molar-refractivity contribution in [2.24, 2.45) is 0 Å². The smallest absolute Gasteiger partial charge is 0.232 e. The van der Waals surface area contributed by atoms with E-state index in [9.17, 15) is 0 Å². The number of aromatic nitrogens is 4. The molecule has 1 atom stereocenters. The van der Waals surface area contributed by atoms with Crippen molar-refractivity contribution in [1.82, 2.24) is 29.7 Å². The van der Waals surface area contributed by atoms with E-state index in [1.807, 2.05) is 35.0 Å². The zero-order chi connectivity index (χ0) is 14.9. The first-order valence-corrected chi connectivity index (χ1v) is 7.45. The molecule has 0 spiro atoms. The lowest BCUT2D eigenvalue weighted by atomic mass is 10.2. The normalized spacial score (nSPS) is 19.8. The number of nitrogens with one attached hydrogen (secondary N) is 1. The number of hydrogen-bond donors (Lipinski definition) is 1. The summed E-state index contributed by atoms with van der Waals surface area (Å²) in [7, 11) is 2.09. The average Bonchev–Trinajstić information content (AvgIpc) is 3.14. The second-order valence-corrected chi connectivity index (χ2v) is 5.62. The van der Waals surface area contributed by atoms with E-state index >= 15 is 0 Å². The van der Waals surface area contributed by atoms with Gasteiger partial charge >= 0.3 is 0 Å². The Labute approximate surface area is 128 Å². The Hall–Kier alpha value is -2.25. The van der Waals surface area contributed by atoms with Gasteiger partial charge < -0.3 is 14.2 Å². The first-order valence-electron chi connectivity index (χ1n) is 7.45. The average molecular weight is 298 g/mol. The molecule has 0 saturated carbocycles. The van der Waals surface area contributed by atoms with Gasteiger partial charge in [-0.25, -0.2) is 4.98 Å². The monoisotopic (exact) mass is 298 g/mol. The Morgan fingerprint density at radius 2 is 2.32 bits per heavy atom. The molecule has 0 bridgehead atoms. The highest BCUT2D eigenvalue weighted by molar-refractivity contribution is 5.39. The maximum atomic E-state index is 5.40. The predicted octanol–water partition coefficient (Wildman–Crippen LogP) is 0.884. The van der Waals surface area contributed by atoms with Gasteiger partial charge in [-0.05, 0) is 19.2 Å². The fraction of sp³-hybridized carbons (Fsp3) is 0.400. The zero-order valence-corrected chi connectivity index (χ0v) is 12.4. The van der Waals surface area contributed by atoms with Gasteiger partial charge in [0.2, 0.25) is 5.89 Å². The Balaban J connectivity index is 1.53. The van der Waals surface area contributed by atoms with E-state index in [2.05, 4.69) is 32.4 Å². The van der Waals surface area contributed by atoms with Gasteiger partial charge in [-0.15, -0.1) is 0 Å². The van der Waals surface area contributed by atoms with Crippen LogP contribution in [0.3, 0.4) is 0 Å². The molecule has 0 aromatic carbocycles. The third-order valence-corrected chi connectivity index (χ3v) is 4.04. The number of fused-ring (bicyclic) bond motifs is 1. The molecule has 0 radical (unpaired) electrons. The minimum absolute atomic E-state index is 0.173. The van der Waals surface area contributed by atoms with Crippen molar-refractivity contribution in [3.63, 3.8) is 0 Å². The van der Waals surface area contributed by atoms with Gasteiger partial charge in [0.25, 0.3) is 0 Å². The van der Waals surface area contributed by atoms with Crippen LogP contribution in [-0.4, -0.2) is 51.1 Å². The molecule has 7 heteroatoms. The molecule has 3 aromatic rings. The largest absolute Gasteiger partial charge is 0.339 e. The molecule has 7 nitrogen and oxygen atoms in total. The van der Waals surface area contributed by atoms with Crippen LogP contribution in [0.25, 0.3) is 5.65 Å². The third-order valence-electron chi connectivity index (χ3n) is 4.04. The van der Waals surface area contributed by atoms with E-state index in [-0.39, 0.29) is 6.04 Å². The van der Waals surface area contributed by atoms with Crippen LogP contribution in [0.4, 0.5) is 0 Å². The van der Waals surface area contributed by atoms with Crippen LogP contribution in [0, 0.1) is 0 Å². The van der Waals surface area contributed by atoms with E-state index in [0.717, 1.165) is 36.8 Å². The zero-order valence-electron chi connectivity index (χ0n) is 12.4. The predicted molar refractivity (Wildman–Crippen MR) is 80.5 cm³/mol. The molecular formula is C15H18N6O. The lowest BCUT2D eigenvalue weighted by molar-refractivity contribution is 0.190. The van der Waals surface area contributed by atoms with E-state index in [1.54, 1.807) is 0 Å². The van der Waals surface area contributed by atoms with Crippen molar-refractivity contribution in [1.29, 1.82) is 0 Å². The number of hydrogen-bond acceptors (Lipinski definition) is 6. The van der Waals surface area contributed by atoms with Gasteiger partial charge in [-0.2, -0.15) is 4.98 Å². The highest BCUT2D eigenvalue weighted by Crippen LogP contribution is 2.18. The number of nitrogens with zero attached hydrogens (tertiary/aromatic N) is 5. The van der Waals surface area contributed by atoms with Gasteiger partial charge in [0.15, 0.2) is 5.82 Å². The molecule has 1 aliphatic heterocycles. The summed E-state index contributed by atoms with van der Waals surface area (Å²) in [5, 5.41) is 7.50. The van der Waals surface area contributed by atoms with Crippen LogP contribution in [0.1, 0.15) is 23.5 Å². The Morgan fingerprint density at radius 3 is 3.18 bits per heavy atom. The summed E-state index contributed by atoms with van der Waals surface area (Å²) in [6, 6.07) is 6.11. The maximum Gasteiger partial charge on any atom is 0.232 e. The topological polar surface area (TPSA) is 71.5 Å². The summed E-state index contributed by atoms with van der Waals surface area (Å²) in [4.78, 5) is 11.3. The van der Waals surface area contributed by atoms with Crippen molar-refractivity contribution in [3.8, 4) is 0 Å². The molecule has 3 aromatic heterocycles. The van der Waals surface area contributed by atoms with Crippen molar-refractivity contribution >= 4 is 5.65 Å². The first-order chi connectivity index (χ1) is 10.8. The van der Waals surface area contributed by atoms with Crippen LogP contribution in [0.5, 0.6) is 0 Å². The molecule has 1 aliphatic rings. The molecule has 0 aliphatic carbocycles. The summed E-state index contributed by atoms with van der Waals surface area (Å²) in [5.74, 6) is 1.35. The van der Waals surface area contributed by atoms with Crippen LogP contribution in [0.15, 0.2) is 35.1 Å². The number of likely N-dealkylation sites (N-methyl/N-ethyl adjacent to an activating group) is 1. The maximum absolute atomic E-state index is 5.40. The molecule has 114 valence electrons. The van der Waals surface area contributed by atoms with Crippen molar-refractivity contribution in [2.75, 3.05) is 26.7 Å². The second-order valence-electron chi connectivity index (χ2n) is 5.62. The molecule has 1 fully saturated rings. The molecular weight excluding hydrogens is 280 g/mol. The summed E-state index contributed by atoms with van der Waals surface area (Å²) >= 11 is 0. The van der Waals surface area contributed by atoms with Crippen molar-refractivity contribution in [2.45, 2.75) is 12.5 Å². The quantitative estimate of drug-likeness (QED) is 0.774. The molecule has 1 saturated heterocycles. The van der Waals surface area contributed by atoms with Crippen molar-refractivity contribution in [3.05, 3.63) is 48.0 Å². The van der Waals surface area contributed by atoms with Gasteiger partial charge in [0.1, 0.15) is 5.65 Å². The van der Waals surface area contributed by atoms with Crippen LogP contribution < -0.4 is 5.32 Å². The Bertz CT molecular complexity index is 746. The molecule has 22 heavy (non-hydrogen) atoms. The van der Waals surface area contributed by atoms with E-state index < -0.39 is 0 Å². The number of rotatable bonds is 3. The van der Waals surface area contributed by atoms with Gasteiger partial charge in [-0.3, -0.25) is 4.90 Å². The number of pyridine rings is 1. The van der Waals surface area contributed by atoms with E-state index in [4.69, 9.17) is 4.52 Å². The second kappa shape index (κ2) is 5.51. The summed E-state index contributed by atoms with van der Waals surface area (Å²) in [6.07, 6.45) is 4.53. The van der Waals surface area contributed by atoms with Crippen LogP contribution in [-0.2, 0) is 6.42 Å². The first kappa shape index (κ1) is 13.4. The molecule has 1 unspecified atom stereocenters. The highest BCUT2D eigenvalue weighted by Gasteiger charge is 2.25. The highest BCUT2D eigenvalue weighted by atomic mass is 16.5. The molecule has 1 N–H and O–H groups in total. The minimum Gasteiger partial charge on any atom is -0.339 e. The van der Waals surface area contributed by atoms with Gasteiger partial charge in [-0.1, -0.05) is 11.2 Å². The minimum atomic E-state index is 0.173. The lowest BCUT2D eigenvalue weighted by Crippen LogP contribution is -2.44. The number of imidazole rings is 1. The molecule has 4 rings (SSSR count). The fourth-order valence-electron chi connectivity index (χ4n) is 2.80. The fourth-order valence-corrected chi connectivity index (χ4v) is 2.80. The van der Waals surface area contributed by atoms with E-state index in [0.29, 0.717) is 12.3 Å². The van der Waals surface area contributed by atoms with Gasteiger partial charge in [0, 0.05) is 32.0 Å². The third kappa shape index (κ3) is 2.49. The van der Waals surface area contributed by atoms with Crippen LogP contribution in [0.2, 0.25) is 0 Å². The summed E-state index contributed by atoms with van der Waals surface area (Å²) in [6.45, 7) is 2.84. The SMILES string of the molecule is CN1CCNCC1c1noc(Cc2cn3ccccc3n2)n1. The summed E-state index contributed by atoms with van der Waals surface area (Å²) < 4.78 is 7.39. The Morgan fingerprint density at radius 1 is 1.36 bits per heavy atom. The number of piperazine rings is 1. The molecule has 0 amide bonds. The van der Waals surface area contributed by atoms with Crippen molar-refractivity contribution < 1.29 is 4.52 Å². The standard InChI is InChI=1S/C15H18N6O/c1-20-7-5-16-9-12(20)15-18-14(22-19-15)8-11-10-21-6-3-2-4-13(21)17-11/h2-4,6,10,12,16H,5,7-9H2,1H3. The lowest BCUT2D eigenvalue weighted by Gasteiger charge is -2.30. The van der Waals surface area contributed by atoms with Gasteiger partial charge in [0.05, 0.1) is 18.2 Å².